The van der Waals surface area contributed by atoms with Crippen LogP contribution >= 0.6 is 0 Å². The molecule has 0 aliphatic heterocycles. The molecule has 0 aromatic rings. The fraction of sp³-hybridized carbons (Fsp3) is 0.333. The first kappa shape index (κ1) is 18.5. The van der Waals surface area contributed by atoms with E-state index >= 15 is 0 Å². The number of esters is 2. The molecule has 0 unspecified atom stereocenters. The molecule has 8 heteroatoms. The Morgan fingerprint density at radius 3 is 1.60 bits per heavy atom. The first-order valence-corrected chi connectivity index (χ1v) is 8.79. The zero-order valence-electron chi connectivity index (χ0n) is 11.7. The van der Waals surface area contributed by atoms with Crippen LogP contribution in [0.1, 0.15) is 0 Å². The van der Waals surface area contributed by atoms with E-state index in [4.69, 9.17) is 18.3 Å². The molecule has 0 spiro atoms. The topological polar surface area (TPSA) is 71.1 Å². The molecule has 0 rings (SSSR count). The van der Waals surface area contributed by atoms with Crippen LogP contribution in [0.3, 0.4) is 0 Å². The Morgan fingerprint density at radius 2 is 1.25 bits per heavy atom. The highest BCUT2D eigenvalue weighted by molar-refractivity contribution is 6.34. The molecule has 0 bridgehead atoms. The number of carbonyl (C=O) groups excluding carboxylic acids is 2. The van der Waals surface area contributed by atoms with Crippen molar-refractivity contribution in [2.24, 2.45) is 0 Å². The second-order valence-corrected chi connectivity index (χ2v) is 6.21. The van der Waals surface area contributed by atoms with E-state index < -0.39 is 31.5 Å². The van der Waals surface area contributed by atoms with Gasteiger partial charge >= 0.3 is 11.9 Å². The normalized spacial score (nSPS) is 12.7. The lowest BCUT2D eigenvalue weighted by atomic mass is 10.5. The van der Waals surface area contributed by atoms with E-state index in [1.165, 1.54) is 0 Å². The second-order valence-electron chi connectivity index (χ2n) is 3.45. The van der Waals surface area contributed by atoms with Crippen molar-refractivity contribution in [2.45, 2.75) is 0 Å². The Bertz CT molecular complexity index is 331. The van der Waals surface area contributed by atoms with E-state index in [1.54, 1.807) is 26.4 Å². The van der Waals surface area contributed by atoms with Crippen molar-refractivity contribution in [3.63, 3.8) is 0 Å². The maximum Gasteiger partial charge on any atom is 0.331 e. The van der Waals surface area contributed by atoms with Gasteiger partial charge in [-0.05, 0) is 0 Å². The van der Waals surface area contributed by atoms with Crippen LogP contribution in [0.4, 0.5) is 0 Å². The molecule has 0 atom stereocenters. The molecule has 0 amide bonds. The van der Waals surface area contributed by atoms with Gasteiger partial charge in [0.1, 0.15) is 13.2 Å². The zero-order chi connectivity index (χ0) is 15.1. The average molecular weight is 316 g/mol. The van der Waals surface area contributed by atoms with Crippen LogP contribution in [-0.4, -0.2) is 58.9 Å². The molecule has 112 valence electrons. The summed E-state index contributed by atoms with van der Waals surface area (Å²) in [5, 5.41) is 0. The van der Waals surface area contributed by atoms with E-state index in [1.807, 2.05) is 11.4 Å². The molecule has 0 saturated carbocycles. The summed E-state index contributed by atoms with van der Waals surface area (Å²) in [5.41, 5.74) is 3.72. The summed E-state index contributed by atoms with van der Waals surface area (Å²) in [6.45, 7) is 0.331. The van der Waals surface area contributed by atoms with Gasteiger partial charge in [0, 0.05) is 26.4 Å². The lowest BCUT2D eigenvalue weighted by Crippen LogP contribution is -2.05. The van der Waals surface area contributed by atoms with Gasteiger partial charge in [-0.2, -0.15) is 0 Å². The van der Waals surface area contributed by atoms with Crippen molar-refractivity contribution in [1.29, 1.82) is 0 Å². The molecule has 6 nitrogen and oxygen atoms in total. The highest BCUT2D eigenvalue weighted by Crippen LogP contribution is 1.87. The van der Waals surface area contributed by atoms with Crippen LogP contribution in [0, 0.1) is 0 Å². The van der Waals surface area contributed by atoms with Gasteiger partial charge in [0.2, 0.25) is 0 Å². The second kappa shape index (κ2) is 13.9. The summed E-state index contributed by atoms with van der Waals surface area (Å²) in [7, 11) is 1.98. The molecular formula is C12H20O6Si2. The maximum atomic E-state index is 11.2. The zero-order valence-corrected chi connectivity index (χ0v) is 14.6. The highest BCUT2D eigenvalue weighted by atomic mass is 28.2. The van der Waals surface area contributed by atoms with Gasteiger partial charge in [0.15, 0.2) is 19.5 Å². The van der Waals surface area contributed by atoms with Gasteiger partial charge in [-0.1, -0.05) is 23.6 Å². The SMILES string of the molecule is CO[SiH2]C=CCOC(=O)/C=C/C(=O)OCC=C[SiH2]OC. The van der Waals surface area contributed by atoms with Crippen LogP contribution in [0.2, 0.25) is 0 Å². The van der Waals surface area contributed by atoms with Crippen molar-refractivity contribution < 1.29 is 27.9 Å². The van der Waals surface area contributed by atoms with Gasteiger partial charge in [-0.25, -0.2) is 9.59 Å². The Kier molecular flexibility index (Phi) is 12.9. The Morgan fingerprint density at radius 1 is 0.850 bits per heavy atom. The van der Waals surface area contributed by atoms with E-state index in [2.05, 4.69) is 0 Å². The van der Waals surface area contributed by atoms with Crippen LogP contribution in [-0.2, 0) is 27.9 Å². The van der Waals surface area contributed by atoms with Crippen molar-refractivity contribution in [2.75, 3.05) is 27.4 Å². The predicted molar refractivity (Wildman–Crippen MR) is 80.4 cm³/mol. The highest BCUT2D eigenvalue weighted by Gasteiger charge is 1.98. The summed E-state index contributed by atoms with van der Waals surface area (Å²) in [6, 6.07) is 0. The first-order valence-electron chi connectivity index (χ1n) is 6.00. The number of hydrogen-bond donors (Lipinski definition) is 0. The molecule has 0 aliphatic rings. The molecule has 0 fully saturated rings. The monoisotopic (exact) mass is 316 g/mol. The fourth-order valence-corrected chi connectivity index (χ4v) is 1.89. The van der Waals surface area contributed by atoms with E-state index in [0.29, 0.717) is 0 Å². The quantitative estimate of drug-likeness (QED) is 0.296. The van der Waals surface area contributed by atoms with Gasteiger partial charge in [-0.3, -0.25) is 0 Å². The largest absolute Gasteiger partial charge is 0.458 e. The molecule has 0 aromatic heterocycles. The van der Waals surface area contributed by atoms with Crippen LogP contribution in [0.5, 0.6) is 0 Å². The maximum absolute atomic E-state index is 11.2. The molecule has 0 radical (unpaired) electrons. The Hall–Kier alpha value is -1.49. The molecule has 0 saturated heterocycles. The van der Waals surface area contributed by atoms with Crippen LogP contribution in [0.25, 0.3) is 0 Å². The fourth-order valence-electron chi connectivity index (χ4n) is 0.957. The number of rotatable bonds is 10. The van der Waals surface area contributed by atoms with E-state index in [0.717, 1.165) is 12.2 Å². The average Bonchev–Trinajstić information content (AvgIpc) is 2.44. The van der Waals surface area contributed by atoms with Crippen molar-refractivity contribution in [3.05, 3.63) is 35.7 Å². The summed E-state index contributed by atoms with van der Waals surface area (Å²) in [4.78, 5) is 22.4. The van der Waals surface area contributed by atoms with Crippen molar-refractivity contribution >= 4 is 31.5 Å². The number of carbonyl (C=O) groups is 2. The molecule has 0 aliphatic carbocycles. The minimum atomic E-state index is -0.640. The molecule has 0 heterocycles. The van der Waals surface area contributed by atoms with Crippen molar-refractivity contribution in [3.8, 4) is 0 Å². The third-order valence-corrected chi connectivity index (χ3v) is 3.58. The standard InChI is InChI=1S/C12H20O6Si2/c1-15-19-9-3-7-17-11(13)5-6-12(14)18-8-4-10-20-16-2/h3-6,9-10H,7-8,19-20H2,1-2H3/b6-5+,9-3?,10-4?. The Labute approximate surface area is 123 Å². The third-order valence-electron chi connectivity index (χ3n) is 1.86. The number of hydrogen-bond acceptors (Lipinski definition) is 6. The van der Waals surface area contributed by atoms with Crippen molar-refractivity contribution in [1.82, 2.24) is 0 Å². The summed E-state index contributed by atoms with van der Waals surface area (Å²) >= 11 is 0. The lowest BCUT2D eigenvalue weighted by Gasteiger charge is -1.97. The minimum Gasteiger partial charge on any atom is -0.458 e. The van der Waals surface area contributed by atoms with E-state index in [-0.39, 0.29) is 13.2 Å². The lowest BCUT2D eigenvalue weighted by molar-refractivity contribution is -0.139. The van der Waals surface area contributed by atoms with Gasteiger partial charge in [-0.15, -0.1) is 0 Å². The molecule has 0 N–H and O–H groups in total. The van der Waals surface area contributed by atoms with Gasteiger partial charge in [0.25, 0.3) is 0 Å². The summed E-state index contributed by atoms with van der Waals surface area (Å²) in [5.74, 6) is -1.18. The van der Waals surface area contributed by atoms with Crippen LogP contribution < -0.4 is 0 Å². The number of ether oxygens (including phenoxy) is 2. The third kappa shape index (κ3) is 13.0. The van der Waals surface area contributed by atoms with Crippen LogP contribution in [0.15, 0.2) is 35.7 Å². The predicted octanol–water partition coefficient (Wildman–Crippen LogP) is -0.883. The molecule has 20 heavy (non-hydrogen) atoms. The summed E-state index contributed by atoms with van der Waals surface area (Å²) < 4.78 is 19.5. The van der Waals surface area contributed by atoms with Gasteiger partial charge < -0.3 is 18.3 Å². The van der Waals surface area contributed by atoms with E-state index in [9.17, 15) is 9.59 Å². The minimum absolute atomic E-state index is 0.166. The smallest absolute Gasteiger partial charge is 0.331 e. The summed E-state index contributed by atoms with van der Waals surface area (Å²) in [6.07, 6.45) is 5.50. The molecule has 0 aromatic carbocycles. The van der Waals surface area contributed by atoms with Gasteiger partial charge in [0.05, 0.1) is 0 Å². The Balaban J connectivity index is 3.74. The molecular weight excluding hydrogens is 296 g/mol. The first-order chi connectivity index (χ1) is 9.70.